The molecule has 0 fully saturated rings. The smallest absolute Gasteiger partial charge is 0.280 e. The topological polar surface area (TPSA) is 65.4 Å². The molecule has 1 N–H and O–H groups in total. The number of para-hydroxylation sites is 1. The van der Waals surface area contributed by atoms with Crippen molar-refractivity contribution < 1.29 is 13.9 Å². The van der Waals surface area contributed by atoms with Crippen LogP contribution in [0.1, 0.15) is 5.56 Å². The average Bonchev–Trinajstić information content (AvgIpc) is 2.79. The Hall–Kier alpha value is -3.87. The lowest BCUT2D eigenvalue weighted by molar-refractivity contribution is 0.355. The molecule has 0 amide bonds. The Bertz CT molecular complexity index is 1270. The van der Waals surface area contributed by atoms with Crippen molar-refractivity contribution in [1.82, 2.24) is 9.66 Å². The number of hydrogen-bond acceptors (Lipinski definition) is 5. The fourth-order valence-corrected chi connectivity index (χ4v) is 3.25. The third kappa shape index (κ3) is 3.57. The minimum absolute atomic E-state index is 0.118. The maximum absolute atomic E-state index is 14.1. The fraction of sp³-hybridized carbons (Fsp3) is 0.130. The summed E-state index contributed by atoms with van der Waals surface area (Å²) in [6, 6.07) is 18.8. The van der Waals surface area contributed by atoms with Crippen LogP contribution in [0.2, 0.25) is 0 Å². The van der Waals surface area contributed by atoms with Gasteiger partial charge in [-0.25, -0.2) is 14.1 Å². The van der Waals surface area contributed by atoms with Gasteiger partial charge < -0.3 is 14.9 Å². The van der Waals surface area contributed by atoms with Gasteiger partial charge in [0.2, 0.25) is 0 Å². The van der Waals surface area contributed by atoms with Crippen LogP contribution in [0.3, 0.4) is 0 Å². The van der Waals surface area contributed by atoms with Crippen molar-refractivity contribution in [2.75, 3.05) is 19.6 Å². The molecule has 4 rings (SSSR count). The summed E-state index contributed by atoms with van der Waals surface area (Å²) in [6.07, 6.45) is 0. The molecule has 0 saturated heterocycles. The number of rotatable bonds is 6. The van der Waals surface area contributed by atoms with E-state index >= 15 is 0 Å². The molecule has 152 valence electrons. The van der Waals surface area contributed by atoms with Gasteiger partial charge in [0.15, 0.2) is 17.3 Å². The lowest BCUT2D eigenvalue weighted by Crippen LogP contribution is -2.31. The predicted molar refractivity (Wildman–Crippen MR) is 114 cm³/mol. The fourth-order valence-electron chi connectivity index (χ4n) is 3.25. The average molecular weight is 405 g/mol. The van der Waals surface area contributed by atoms with Gasteiger partial charge in [-0.1, -0.05) is 30.3 Å². The normalized spacial score (nSPS) is 10.8. The van der Waals surface area contributed by atoms with Crippen molar-refractivity contribution in [2.24, 2.45) is 0 Å². The summed E-state index contributed by atoms with van der Waals surface area (Å²) in [6.45, 7) is 0.118. The zero-order chi connectivity index (χ0) is 21.1. The van der Waals surface area contributed by atoms with Crippen molar-refractivity contribution in [3.63, 3.8) is 0 Å². The molecular formula is C23H20FN3O3. The van der Waals surface area contributed by atoms with E-state index in [-0.39, 0.29) is 17.9 Å². The Balaban J connectivity index is 1.86. The van der Waals surface area contributed by atoms with Gasteiger partial charge in [-0.15, -0.1) is 0 Å². The van der Waals surface area contributed by atoms with Crippen LogP contribution >= 0.6 is 0 Å². The first-order valence-corrected chi connectivity index (χ1v) is 9.34. The summed E-state index contributed by atoms with van der Waals surface area (Å²) in [4.78, 5) is 17.9. The number of fused-ring (bicyclic) bond motifs is 1. The standard InChI is InChI=1S/C23H20FN3O3/c1-29-20-12-11-15(13-21(20)30-2)22-26-19-10-6-4-8-17(19)23(28)27(22)25-14-16-7-3-5-9-18(16)24/h3-13,25H,14H2,1-2H3. The van der Waals surface area contributed by atoms with Crippen LogP contribution in [0, 0.1) is 5.82 Å². The van der Waals surface area contributed by atoms with E-state index in [1.54, 1.807) is 68.8 Å². The number of methoxy groups -OCH3 is 2. The molecule has 3 aromatic carbocycles. The Morgan fingerprint density at radius 1 is 0.967 bits per heavy atom. The SMILES string of the molecule is COc1ccc(-c2nc3ccccc3c(=O)n2NCc2ccccc2F)cc1OC. The molecule has 0 unspecified atom stereocenters. The van der Waals surface area contributed by atoms with Crippen molar-refractivity contribution in [3.8, 4) is 22.9 Å². The second-order valence-corrected chi connectivity index (χ2v) is 6.59. The van der Waals surface area contributed by atoms with E-state index < -0.39 is 0 Å². The van der Waals surface area contributed by atoms with Gasteiger partial charge in [0.05, 0.1) is 31.7 Å². The van der Waals surface area contributed by atoms with Crippen LogP contribution in [0.5, 0.6) is 11.5 Å². The molecule has 0 aliphatic heterocycles. The van der Waals surface area contributed by atoms with Crippen molar-refractivity contribution in [1.29, 1.82) is 0 Å². The maximum atomic E-state index is 14.1. The number of benzene rings is 3. The van der Waals surface area contributed by atoms with Gasteiger partial charge in [-0.3, -0.25) is 4.79 Å². The number of nitrogens with zero attached hydrogens (tertiary/aromatic N) is 2. The Morgan fingerprint density at radius 2 is 1.70 bits per heavy atom. The van der Waals surface area contributed by atoms with Gasteiger partial charge in [0.25, 0.3) is 5.56 Å². The Labute approximate surface area is 172 Å². The lowest BCUT2D eigenvalue weighted by Gasteiger charge is -2.17. The molecule has 4 aromatic rings. The molecule has 0 atom stereocenters. The van der Waals surface area contributed by atoms with Crippen molar-refractivity contribution in [3.05, 3.63) is 88.5 Å². The first kappa shape index (κ1) is 19.4. The molecule has 0 aliphatic rings. The van der Waals surface area contributed by atoms with E-state index in [1.807, 2.05) is 6.07 Å². The molecule has 7 heteroatoms. The zero-order valence-electron chi connectivity index (χ0n) is 16.6. The lowest BCUT2D eigenvalue weighted by atomic mass is 10.1. The number of aromatic nitrogens is 2. The second-order valence-electron chi connectivity index (χ2n) is 6.59. The van der Waals surface area contributed by atoms with Crippen LogP contribution in [0.15, 0.2) is 71.5 Å². The van der Waals surface area contributed by atoms with Crippen molar-refractivity contribution >= 4 is 10.9 Å². The molecule has 0 radical (unpaired) electrons. The highest BCUT2D eigenvalue weighted by Crippen LogP contribution is 2.31. The van der Waals surface area contributed by atoms with E-state index in [0.717, 1.165) is 0 Å². The van der Waals surface area contributed by atoms with Crippen LogP contribution < -0.4 is 20.5 Å². The molecule has 30 heavy (non-hydrogen) atoms. The van der Waals surface area contributed by atoms with Gasteiger partial charge in [-0.05, 0) is 36.4 Å². The number of ether oxygens (including phenoxy) is 2. The summed E-state index contributed by atoms with van der Waals surface area (Å²) in [5.74, 6) is 1.11. The Kier molecular flexibility index (Phi) is 5.34. The number of nitrogens with one attached hydrogen (secondary N) is 1. The number of halogens is 1. The second kappa shape index (κ2) is 8.24. The molecule has 1 aromatic heterocycles. The maximum Gasteiger partial charge on any atom is 0.280 e. The van der Waals surface area contributed by atoms with Crippen LogP contribution in [0.25, 0.3) is 22.3 Å². The van der Waals surface area contributed by atoms with Crippen LogP contribution in [-0.2, 0) is 6.54 Å². The quantitative estimate of drug-likeness (QED) is 0.526. The van der Waals surface area contributed by atoms with Gasteiger partial charge in [-0.2, -0.15) is 0 Å². The predicted octanol–water partition coefficient (Wildman–Crippen LogP) is 3.96. The third-order valence-electron chi connectivity index (χ3n) is 4.80. The zero-order valence-corrected chi connectivity index (χ0v) is 16.6. The van der Waals surface area contributed by atoms with E-state index in [0.29, 0.717) is 39.4 Å². The molecule has 6 nitrogen and oxygen atoms in total. The minimum atomic E-state index is -0.348. The molecule has 0 aliphatic carbocycles. The molecule has 0 bridgehead atoms. The third-order valence-corrected chi connectivity index (χ3v) is 4.80. The van der Waals surface area contributed by atoms with Gasteiger partial charge in [0.1, 0.15) is 5.82 Å². The van der Waals surface area contributed by atoms with Gasteiger partial charge in [0, 0.05) is 11.1 Å². The summed E-state index contributed by atoms with van der Waals surface area (Å²) < 4.78 is 26.1. The highest BCUT2D eigenvalue weighted by molar-refractivity contribution is 5.80. The van der Waals surface area contributed by atoms with Crippen molar-refractivity contribution in [2.45, 2.75) is 6.54 Å². The monoisotopic (exact) mass is 405 g/mol. The summed E-state index contributed by atoms with van der Waals surface area (Å²) in [7, 11) is 3.09. The summed E-state index contributed by atoms with van der Waals surface area (Å²) in [5.41, 5.74) is 4.40. The summed E-state index contributed by atoms with van der Waals surface area (Å²) in [5, 5.41) is 0.461. The molecular weight excluding hydrogens is 385 g/mol. The van der Waals surface area contributed by atoms with E-state index in [2.05, 4.69) is 10.4 Å². The highest BCUT2D eigenvalue weighted by Gasteiger charge is 2.15. The minimum Gasteiger partial charge on any atom is -0.493 e. The first-order valence-electron chi connectivity index (χ1n) is 9.34. The van der Waals surface area contributed by atoms with E-state index in [9.17, 15) is 9.18 Å². The van der Waals surface area contributed by atoms with Crippen LogP contribution in [-0.4, -0.2) is 23.9 Å². The van der Waals surface area contributed by atoms with E-state index in [4.69, 9.17) is 9.47 Å². The van der Waals surface area contributed by atoms with E-state index in [1.165, 1.54) is 10.7 Å². The summed E-state index contributed by atoms with van der Waals surface area (Å²) >= 11 is 0. The molecule has 0 saturated carbocycles. The molecule has 1 heterocycles. The molecule has 0 spiro atoms. The highest BCUT2D eigenvalue weighted by atomic mass is 19.1. The number of hydrogen-bond donors (Lipinski definition) is 1. The largest absolute Gasteiger partial charge is 0.493 e. The Morgan fingerprint density at radius 3 is 2.47 bits per heavy atom. The van der Waals surface area contributed by atoms with Gasteiger partial charge >= 0.3 is 0 Å². The first-order chi connectivity index (χ1) is 14.6. The van der Waals surface area contributed by atoms with Crippen LogP contribution in [0.4, 0.5) is 4.39 Å².